The fourth-order valence-electron chi connectivity index (χ4n) is 1.23. The van der Waals surface area contributed by atoms with E-state index < -0.39 is 0 Å². The van der Waals surface area contributed by atoms with Crippen LogP contribution in [0.25, 0.3) is 0 Å². The van der Waals surface area contributed by atoms with Crippen molar-refractivity contribution < 1.29 is 14.3 Å². The molecule has 1 aliphatic rings. The lowest BCUT2D eigenvalue weighted by Crippen LogP contribution is -2.28. The van der Waals surface area contributed by atoms with Gasteiger partial charge in [-0.1, -0.05) is 6.08 Å². The van der Waals surface area contributed by atoms with Gasteiger partial charge in [0.1, 0.15) is 0 Å². The Kier molecular flexibility index (Phi) is 5.25. The molecule has 1 N–H and O–H groups in total. The van der Waals surface area contributed by atoms with Crippen molar-refractivity contribution in [2.45, 2.75) is 25.6 Å². The molecular formula is C10H17NO3. The lowest BCUT2D eigenvalue weighted by atomic mass is 10.2. The molecule has 1 rings (SSSR count). The van der Waals surface area contributed by atoms with Gasteiger partial charge in [-0.3, -0.25) is 4.79 Å². The van der Waals surface area contributed by atoms with Crippen LogP contribution in [0.3, 0.4) is 0 Å². The van der Waals surface area contributed by atoms with Crippen LogP contribution in [-0.2, 0) is 14.3 Å². The Hall–Kier alpha value is -0.870. The van der Waals surface area contributed by atoms with E-state index in [0.29, 0.717) is 19.4 Å². The summed E-state index contributed by atoms with van der Waals surface area (Å²) in [6, 6.07) is 0. The van der Waals surface area contributed by atoms with Crippen LogP contribution in [0.2, 0.25) is 0 Å². The normalized spacial score (nSPS) is 17.7. The molecule has 4 nitrogen and oxygen atoms in total. The van der Waals surface area contributed by atoms with Crippen molar-refractivity contribution in [2.24, 2.45) is 0 Å². The number of carbonyl (C=O) groups is 1. The minimum atomic E-state index is -0.196. The van der Waals surface area contributed by atoms with Gasteiger partial charge in [0.15, 0.2) is 6.29 Å². The van der Waals surface area contributed by atoms with E-state index >= 15 is 0 Å². The highest BCUT2D eigenvalue weighted by atomic mass is 16.7. The predicted molar refractivity (Wildman–Crippen MR) is 52.7 cm³/mol. The first kappa shape index (κ1) is 11.2. The van der Waals surface area contributed by atoms with Gasteiger partial charge in [0.05, 0.1) is 13.2 Å². The standard InChI is InChI=1S/C10H17NO3/c1-2-6-11-9(12)4-5-10-13-7-3-8-14-10/h2,10H,1,3-8H2,(H,11,12). The summed E-state index contributed by atoms with van der Waals surface area (Å²) in [6.07, 6.45) is 3.48. The Morgan fingerprint density at radius 1 is 1.50 bits per heavy atom. The molecule has 1 aliphatic heterocycles. The molecule has 0 spiro atoms. The van der Waals surface area contributed by atoms with Crippen molar-refractivity contribution in [1.82, 2.24) is 5.32 Å². The van der Waals surface area contributed by atoms with Crippen LogP contribution < -0.4 is 5.32 Å². The second-order valence-electron chi connectivity index (χ2n) is 3.16. The number of carbonyl (C=O) groups excluding carboxylic acids is 1. The van der Waals surface area contributed by atoms with Crippen LogP contribution in [0, 0.1) is 0 Å². The maximum absolute atomic E-state index is 11.2. The molecule has 0 aromatic carbocycles. The van der Waals surface area contributed by atoms with E-state index in [1.54, 1.807) is 6.08 Å². The molecule has 1 heterocycles. The van der Waals surface area contributed by atoms with Crippen molar-refractivity contribution in [1.29, 1.82) is 0 Å². The Morgan fingerprint density at radius 2 is 2.21 bits per heavy atom. The van der Waals surface area contributed by atoms with Gasteiger partial charge in [0.25, 0.3) is 0 Å². The molecule has 0 bridgehead atoms. The lowest BCUT2D eigenvalue weighted by Gasteiger charge is -2.22. The first-order chi connectivity index (χ1) is 6.83. The smallest absolute Gasteiger partial charge is 0.220 e. The summed E-state index contributed by atoms with van der Waals surface area (Å²) in [5.74, 6) is 0.0164. The van der Waals surface area contributed by atoms with E-state index in [1.807, 2.05) is 0 Å². The molecule has 1 amide bonds. The van der Waals surface area contributed by atoms with Gasteiger partial charge >= 0.3 is 0 Å². The third-order valence-corrected chi connectivity index (χ3v) is 1.95. The third-order valence-electron chi connectivity index (χ3n) is 1.95. The van der Waals surface area contributed by atoms with Crippen LogP contribution in [0.5, 0.6) is 0 Å². The topological polar surface area (TPSA) is 47.6 Å². The van der Waals surface area contributed by atoms with Crippen LogP contribution >= 0.6 is 0 Å². The van der Waals surface area contributed by atoms with Crippen molar-refractivity contribution in [2.75, 3.05) is 19.8 Å². The van der Waals surface area contributed by atoms with Gasteiger partial charge in [-0.05, 0) is 6.42 Å². The maximum Gasteiger partial charge on any atom is 0.220 e. The number of nitrogens with one attached hydrogen (secondary N) is 1. The first-order valence-electron chi connectivity index (χ1n) is 4.93. The lowest BCUT2D eigenvalue weighted by molar-refractivity contribution is -0.182. The van der Waals surface area contributed by atoms with Crippen LogP contribution in [0.1, 0.15) is 19.3 Å². The van der Waals surface area contributed by atoms with Crippen molar-refractivity contribution in [3.05, 3.63) is 12.7 Å². The van der Waals surface area contributed by atoms with E-state index in [-0.39, 0.29) is 12.2 Å². The maximum atomic E-state index is 11.2. The fraction of sp³-hybridized carbons (Fsp3) is 0.700. The second kappa shape index (κ2) is 6.56. The van der Waals surface area contributed by atoms with E-state index in [2.05, 4.69) is 11.9 Å². The molecule has 0 atom stereocenters. The van der Waals surface area contributed by atoms with E-state index in [9.17, 15) is 4.79 Å². The fourth-order valence-corrected chi connectivity index (χ4v) is 1.23. The van der Waals surface area contributed by atoms with Gasteiger partial charge in [-0.25, -0.2) is 0 Å². The molecule has 0 radical (unpaired) electrons. The Labute approximate surface area is 84.3 Å². The summed E-state index contributed by atoms with van der Waals surface area (Å²) in [6.45, 7) is 5.51. The zero-order valence-electron chi connectivity index (χ0n) is 8.33. The second-order valence-corrected chi connectivity index (χ2v) is 3.16. The summed E-state index contributed by atoms with van der Waals surface area (Å²) in [7, 11) is 0. The van der Waals surface area contributed by atoms with Crippen LogP contribution in [0.15, 0.2) is 12.7 Å². The summed E-state index contributed by atoms with van der Waals surface area (Å²) in [4.78, 5) is 11.2. The largest absolute Gasteiger partial charge is 0.353 e. The molecule has 0 aromatic heterocycles. The van der Waals surface area contributed by atoms with Crippen molar-refractivity contribution >= 4 is 5.91 Å². The summed E-state index contributed by atoms with van der Waals surface area (Å²) < 4.78 is 10.6. The Bertz CT molecular complexity index is 188. The van der Waals surface area contributed by atoms with Gasteiger partial charge in [0, 0.05) is 19.4 Å². The zero-order valence-corrected chi connectivity index (χ0v) is 8.33. The molecule has 0 aromatic rings. The Morgan fingerprint density at radius 3 is 2.86 bits per heavy atom. The average molecular weight is 199 g/mol. The monoisotopic (exact) mass is 199 g/mol. The van der Waals surface area contributed by atoms with Gasteiger partial charge in [-0.15, -0.1) is 6.58 Å². The van der Waals surface area contributed by atoms with Gasteiger partial charge in [-0.2, -0.15) is 0 Å². The quantitative estimate of drug-likeness (QED) is 0.667. The van der Waals surface area contributed by atoms with E-state index in [1.165, 1.54) is 0 Å². The minimum absolute atomic E-state index is 0.0164. The summed E-state index contributed by atoms with van der Waals surface area (Å²) in [5.41, 5.74) is 0. The molecule has 4 heteroatoms. The summed E-state index contributed by atoms with van der Waals surface area (Å²) in [5, 5.41) is 2.70. The highest BCUT2D eigenvalue weighted by Gasteiger charge is 2.15. The van der Waals surface area contributed by atoms with Gasteiger partial charge < -0.3 is 14.8 Å². The van der Waals surface area contributed by atoms with Crippen LogP contribution in [-0.4, -0.2) is 32.0 Å². The predicted octanol–water partition coefficient (Wildman–Crippen LogP) is 0.832. The van der Waals surface area contributed by atoms with E-state index in [4.69, 9.17) is 9.47 Å². The molecular weight excluding hydrogens is 182 g/mol. The summed E-state index contributed by atoms with van der Waals surface area (Å²) >= 11 is 0. The highest BCUT2D eigenvalue weighted by molar-refractivity contribution is 5.75. The number of hydrogen-bond donors (Lipinski definition) is 1. The SMILES string of the molecule is C=CCNC(=O)CCC1OCCCO1. The molecule has 14 heavy (non-hydrogen) atoms. The van der Waals surface area contributed by atoms with Crippen molar-refractivity contribution in [3.8, 4) is 0 Å². The minimum Gasteiger partial charge on any atom is -0.353 e. The zero-order chi connectivity index (χ0) is 10.2. The average Bonchev–Trinajstić information content (AvgIpc) is 2.25. The Balaban J connectivity index is 2.06. The molecule has 0 saturated carbocycles. The molecule has 80 valence electrons. The number of hydrogen-bond acceptors (Lipinski definition) is 3. The van der Waals surface area contributed by atoms with Gasteiger partial charge in [0.2, 0.25) is 5.91 Å². The number of rotatable bonds is 5. The molecule has 1 fully saturated rings. The van der Waals surface area contributed by atoms with E-state index in [0.717, 1.165) is 19.6 Å². The third kappa shape index (κ3) is 4.39. The molecule has 0 unspecified atom stereocenters. The van der Waals surface area contributed by atoms with Crippen LogP contribution in [0.4, 0.5) is 0 Å². The highest BCUT2D eigenvalue weighted by Crippen LogP contribution is 2.10. The van der Waals surface area contributed by atoms with Crippen molar-refractivity contribution in [3.63, 3.8) is 0 Å². The number of ether oxygens (including phenoxy) is 2. The number of amides is 1. The molecule has 1 saturated heterocycles. The first-order valence-corrected chi connectivity index (χ1v) is 4.93. The molecule has 0 aliphatic carbocycles.